The highest BCUT2D eigenvalue weighted by Crippen LogP contribution is 2.38. The third-order valence-corrected chi connectivity index (χ3v) is 5.20. The number of amides is 2. The van der Waals surface area contributed by atoms with Crippen molar-refractivity contribution in [3.8, 4) is 11.8 Å². The van der Waals surface area contributed by atoms with E-state index in [0.29, 0.717) is 11.1 Å². The molecule has 0 bridgehead atoms. The number of halogens is 5. The van der Waals surface area contributed by atoms with Crippen molar-refractivity contribution >= 4 is 24.0 Å². The summed E-state index contributed by atoms with van der Waals surface area (Å²) in [5.41, 5.74) is -0.717. The molecule has 0 spiro atoms. The van der Waals surface area contributed by atoms with Gasteiger partial charge in [0, 0.05) is 29.9 Å². The standard InChI is InChI=1S/C23H19F5N4O3/c1-21(13-29)12-22(24,25)14-32(21)19(33)11-31-20(34)18-8-9-30-10-16(18)5-2-15-3-6-17(7-4-15)35-23(26,27)28/h2-10H,11-12,14H2,1H3,(H,31,34)/b5-2+/t21-/m0/s1. The molecule has 2 aromatic rings. The van der Waals surface area contributed by atoms with E-state index < -0.39 is 49.1 Å². The SMILES string of the molecule is C[C@@]1(C#N)CC(F)(F)CN1C(=O)CNC(=O)c1ccncc1/C=C/c1ccc(OC(F)(F)F)cc1. The lowest BCUT2D eigenvalue weighted by Crippen LogP contribution is -2.48. The zero-order valence-electron chi connectivity index (χ0n) is 18.3. The van der Waals surface area contributed by atoms with E-state index >= 15 is 0 Å². The van der Waals surface area contributed by atoms with Gasteiger partial charge in [-0.2, -0.15) is 5.26 Å². The summed E-state index contributed by atoms with van der Waals surface area (Å²) in [6.07, 6.45) is 0.129. The largest absolute Gasteiger partial charge is 0.573 e. The Morgan fingerprint density at radius 2 is 1.91 bits per heavy atom. The number of pyridine rings is 1. The number of nitrogens with zero attached hydrogens (tertiary/aromatic N) is 3. The zero-order chi connectivity index (χ0) is 25.9. The molecule has 1 aromatic carbocycles. The van der Waals surface area contributed by atoms with Gasteiger partial charge in [0.1, 0.15) is 11.3 Å². The van der Waals surface area contributed by atoms with E-state index in [0.717, 1.165) is 17.0 Å². The second-order valence-electron chi connectivity index (χ2n) is 7.99. The second kappa shape index (κ2) is 9.69. The van der Waals surface area contributed by atoms with E-state index in [4.69, 9.17) is 0 Å². The number of nitrogens with one attached hydrogen (secondary N) is 1. The van der Waals surface area contributed by atoms with Gasteiger partial charge in [-0.25, -0.2) is 8.78 Å². The first-order valence-electron chi connectivity index (χ1n) is 10.2. The number of carbonyl (C=O) groups is 2. The van der Waals surface area contributed by atoms with Crippen LogP contribution in [0.2, 0.25) is 0 Å². The summed E-state index contributed by atoms with van der Waals surface area (Å²) >= 11 is 0. The molecule has 1 aliphatic rings. The minimum Gasteiger partial charge on any atom is -0.406 e. The minimum atomic E-state index is -4.81. The smallest absolute Gasteiger partial charge is 0.406 e. The number of hydrogen-bond acceptors (Lipinski definition) is 5. The van der Waals surface area contributed by atoms with Crippen LogP contribution in [0.4, 0.5) is 22.0 Å². The predicted molar refractivity (Wildman–Crippen MR) is 114 cm³/mol. The van der Waals surface area contributed by atoms with E-state index in [1.807, 2.05) is 0 Å². The summed E-state index contributed by atoms with van der Waals surface area (Å²) in [4.78, 5) is 29.8. The molecule has 1 fully saturated rings. The van der Waals surface area contributed by atoms with Crippen LogP contribution in [0.1, 0.15) is 34.8 Å². The quantitative estimate of drug-likeness (QED) is 0.612. The van der Waals surface area contributed by atoms with Crippen LogP contribution in [-0.4, -0.2) is 52.6 Å². The third kappa shape index (κ3) is 6.53. The number of ether oxygens (including phenoxy) is 1. The number of benzene rings is 1. The lowest BCUT2D eigenvalue weighted by molar-refractivity contribution is -0.274. The van der Waals surface area contributed by atoms with Gasteiger partial charge in [-0.1, -0.05) is 24.3 Å². The molecular weight excluding hydrogens is 475 g/mol. The Balaban J connectivity index is 1.67. The van der Waals surface area contributed by atoms with Gasteiger partial charge in [0.15, 0.2) is 0 Å². The fourth-order valence-electron chi connectivity index (χ4n) is 3.58. The molecule has 1 saturated heterocycles. The van der Waals surface area contributed by atoms with Crippen molar-refractivity contribution in [3.63, 3.8) is 0 Å². The molecule has 12 heteroatoms. The van der Waals surface area contributed by atoms with Gasteiger partial charge in [-0.15, -0.1) is 13.2 Å². The van der Waals surface area contributed by atoms with Crippen LogP contribution in [-0.2, 0) is 4.79 Å². The summed E-state index contributed by atoms with van der Waals surface area (Å²) in [6.45, 7) is -0.276. The van der Waals surface area contributed by atoms with Crippen molar-refractivity contribution in [3.05, 3.63) is 59.4 Å². The number of aromatic nitrogens is 1. The average molecular weight is 494 g/mol. The van der Waals surface area contributed by atoms with Crippen molar-refractivity contribution in [1.29, 1.82) is 5.26 Å². The van der Waals surface area contributed by atoms with Gasteiger partial charge in [-0.3, -0.25) is 14.6 Å². The van der Waals surface area contributed by atoms with Crippen LogP contribution in [0, 0.1) is 11.3 Å². The highest BCUT2D eigenvalue weighted by Gasteiger charge is 2.54. The molecule has 2 amide bonds. The Hall–Kier alpha value is -4.01. The van der Waals surface area contributed by atoms with Crippen LogP contribution >= 0.6 is 0 Å². The number of nitriles is 1. The van der Waals surface area contributed by atoms with Crippen LogP contribution in [0.3, 0.4) is 0 Å². The second-order valence-corrected chi connectivity index (χ2v) is 7.99. The van der Waals surface area contributed by atoms with Crippen molar-refractivity contribution in [2.45, 2.75) is 31.2 Å². The number of alkyl halides is 5. The van der Waals surface area contributed by atoms with Crippen LogP contribution in [0.25, 0.3) is 12.2 Å². The van der Waals surface area contributed by atoms with Gasteiger partial charge in [0.2, 0.25) is 5.91 Å². The molecule has 3 rings (SSSR count). The lowest BCUT2D eigenvalue weighted by atomic mass is 10.00. The van der Waals surface area contributed by atoms with Gasteiger partial charge in [-0.05, 0) is 30.7 Å². The minimum absolute atomic E-state index is 0.121. The molecule has 1 aliphatic heterocycles. The van der Waals surface area contributed by atoms with Crippen molar-refractivity contribution in [1.82, 2.24) is 15.2 Å². The van der Waals surface area contributed by atoms with Gasteiger partial charge >= 0.3 is 6.36 Å². The third-order valence-electron chi connectivity index (χ3n) is 5.20. The summed E-state index contributed by atoms with van der Waals surface area (Å²) in [6, 6.07) is 8.13. The van der Waals surface area contributed by atoms with E-state index in [-0.39, 0.29) is 11.3 Å². The van der Waals surface area contributed by atoms with Crippen molar-refractivity contribution < 1.29 is 36.3 Å². The molecule has 0 radical (unpaired) electrons. The fraction of sp³-hybridized carbons (Fsp3) is 0.304. The van der Waals surface area contributed by atoms with E-state index in [2.05, 4.69) is 15.0 Å². The summed E-state index contributed by atoms with van der Waals surface area (Å²) in [7, 11) is 0. The summed E-state index contributed by atoms with van der Waals surface area (Å²) in [5, 5.41) is 11.6. The molecule has 35 heavy (non-hydrogen) atoms. The first kappa shape index (κ1) is 25.6. The molecule has 0 aliphatic carbocycles. The Labute approximate surface area is 196 Å². The number of carbonyl (C=O) groups excluding carboxylic acids is 2. The number of rotatable bonds is 6. The Morgan fingerprint density at radius 1 is 1.23 bits per heavy atom. The molecule has 1 N–H and O–H groups in total. The van der Waals surface area contributed by atoms with Gasteiger partial charge < -0.3 is 15.0 Å². The molecule has 1 aromatic heterocycles. The van der Waals surface area contributed by atoms with Gasteiger partial charge in [0.05, 0.1) is 19.2 Å². The molecular formula is C23H19F5N4O3. The molecule has 1 atom stereocenters. The summed E-state index contributed by atoms with van der Waals surface area (Å²) < 4.78 is 68.2. The molecule has 0 unspecified atom stereocenters. The predicted octanol–water partition coefficient (Wildman–Crippen LogP) is 4.03. The highest BCUT2D eigenvalue weighted by molar-refractivity contribution is 6.00. The normalized spacial score (nSPS) is 19.4. The van der Waals surface area contributed by atoms with E-state index in [1.54, 1.807) is 6.07 Å². The fourth-order valence-corrected chi connectivity index (χ4v) is 3.58. The molecule has 2 heterocycles. The summed E-state index contributed by atoms with van der Waals surface area (Å²) in [5.74, 6) is -5.10. The van der Waals surface area contributed by atoms with E-state index in [1.165, 1.54) is 49.7 Å². The Morgan fingerprint density at radius 3 is 2.54 bits per heavy atom. The monoisotopic (exact) mass is 494 g/mol. The molecule has 7 nitrogen and oxygen atoms in total. The van der Waals surface area contributed by atoms with Crippen molar-refractivity contribution in [2.24, 2.45) is 0 Å². The van der Waals surface area contributed by atoms with Crippen LogP contribution < -0.4 is 10.1 Å². The maximum absolute atomic E-state index is 13.8. The lowest BCUT2D eigenvalue weighted by Gasteiger charge is -2.27. The Kier molecular flexibility index (Phi) is 7.09. The molecule has 184 valence electrons. The van der Waals surface area contributed by atoms with Crippen molar-refractivity contribution in [2.75, 3.05) is 13.1 Å². The topological polar surface area (TPSA) is 95.3 Å². The highest BCUT2D eigenvalue weighted by atomic mass is 19.4. The van der Waals surface area contributed by atoms with Crippen LogP contribution in [0.5, 0.6) is 5.75 Å². The maximum atomic E-state index is 13.8. The van der Waals surface area contributed by atoms with E-state index in [9.17, 15) is 36.8 Å². The average Bonchev–Trinajstić information content (AvgIpc) is 3.05. The number of likely N-dealkylation sites (tertiary alicyclic amines) is 1. The number of hydrogen-bond donors (Lipinski definition) is 1. The molecule has 0 saturated carbocycles. The maximum Gasteiger partial charge on any atom is 0.573 e. The van der Waals surface area contributed by atoms with Crippen LogP contribution in [0.15, 0.2) is 42.7 Å². The Bertz CT molecular complexity index is 1170. The first-order chi connectivity index (χ1) is 16.3. The van der Waals surface area contributed by atoms with Gasteiger partial charge in [0.25, 0.3) is 11.8 Å². The first-order valence-corrected chi connectivity index (χ1v) is 10.2. The zero-order valence-corrected chi connectivity index (χ0v) is 18.3.